The highest BCUT2D eigenvalue weighted by molar-refractivity contribution is 6.04. The van der Waals surface area contributed by atoms with E-state index in [1.165, 1.54) is 30.3 Å². The third-order valence-electron chi connectivity index (χ3n) is 6.04. The number of nitrogens with zero attached hydrogens (tertiary/aromatic N) is 2. The van der Waals surface area contributed by atoms with Crippen molar-refractivity contribution in [2.75, 3.05) is 12.4 Å². The van der Waals surface area contributed by atoms with Crippen LogP contribution in [0.15, 0.2) is 60.8 Å². The van der Waals surface area contributed by atoms with E-state index in [4.69, 9.17) is 4.74 Å². The Labute approximate surface area is 216 Å². The number of fused-ring (bicyclic) bond motifs is 1. The van der Waals surface area contributed by atoms with Gasteiger partial charge in [0.1, 0.15) is 17.6 Å². The Morgan fingerprint density at radius 3 is 2.29 bits per heavy atom. The zero-order chi connectivity index (χ0) is 27.6. The van der Waals surface area contributed by atoms with Gasteiger partial charge in [0.05, 0.1) is 7.11 Å². The summed E-state index contributed by atoms with van der Waals surface area (Å²) in [5.74, 6) is -1.60. The summed E-state index contributed by atoms with van der Waals surface area (Å²) in [6.07, 6.45) is -3.29. The van der Waals surface area contributed by atoms with Crippen LogP contribution < -0.4 is 10.1 Å². The predicted octanol–water partition coefficient (Wildman–Crippen LogP) is 5.05. The van der Waals surface area contributed by atoms with E-state index in [2.05, 4.69) is 15.0 Å². The van der Waals surface area contributed by atoms with Gasteiger partial charge in [-0.2, -0.15) is 0 Å². The number of esters is 1. The number of alkyl halides is 3. The molecule has 0 unspecified atom stereocenters. The second-order valence-corrected chi connectivity index (χ2v) is 8.98. The van der Waals surface area contributed by atoms with Gasteiger partial charge in [-0.1, -0.05) is 26.0 Å². The highest BCUT2D eigenvalue weighted by atomic mass is 19.4. The van der Waals surface area contributed by atoms with E-state index in [1.807, 2.05) is 26.0 Å². The third kappa shape index (κ3) is 5.77. The Bertz CT molecular complexity index is 1360. The van der Waals surface area contributed by atoms with Crippen molar-refractivity contribution in [2.24, 2.45) is 5.92 Å². The number of hydrogen-bond donors (Lipinski definition) is 1. The number of carbonyl (C=O) groups is 3. The molecule has 8 nitrogen and oxygen atoms in total. The van der Waals surface area contributed by atoms with Gasteiger partial charge in [0.2, 0.25) is 0 Å². The number of amides is 2. The number of nitrogens with one attached hydrogen (secondary N) is 1. The van der Waals surface area contributed by atoms with Gasteiger partial charge in [-0.25, -0.2) is 9.78 Å². The number of rotatable bonds is 7. The molecule has 2 amide bonds. The normalized spacial score (nSPS) is 13.8. The van der Waals surface area contributed by atoms with Crippen molar-refractivity contribution >= 4 is 23.6 Å². The molecule has 3 aromatic rings. The molecule has 0 fully saturated rings. The Morgan fingerprint density at radius 2 is 1.71 bits per heavy atom. The maximum Gasteiger partial charge on any atom is 0.573 e. The molecule has 4 rings (SSSR count). The summed E-state index contributed by atoms with van der Waals surface area (Å²) in [7, 11) is 1.30. The molecule has 0 bridgehead atoms. The number of anilines is 1. The highest BCUT2D eigenvalue weighted by Gasteiger charge is 2.38. The molecule has 0 saturated heterocycles. The Kier molecular flexibility index (Phi) is 7.38. The van der Waals surface area contributed by atoms with E-state index in [0.29, 0.717) is 17.7 Å². The maximum absolute atomic E-state index is 13.1. The fourth-order valence-electron chi connectivity index (χ4n) is 4.24. The van der Waals surface area contributed by atoms with Crippen molar-refractivity contribution in [2.45, 2.75) is 32.8 Å². The third-order valence-corrected chi connectivity index (χ3v) is 6.04. The zero-order valence-electron chi connectivity index (χ0n) is 20.7. The lowest BCUT2D eigenvalue weighted by Gasteiger charge is -2.28. The Morgan fingerprint density at radius 1 is 1.03 bits per heavy atom. The van der Waals surface area contributed by atoms with Crippen LogP contribution >= 0.6 is 0 Å². The minimum Gasteiger partial charge on any atom is -0.467 e. The Balaban J connectivity index is 1.46. The molecule has 1 aliphatic heterocycles. The van der Waals surface area contributed by atoms with Crippen LogP contribution in [0.1, 0.15) is 40.1 Å². The molecular weight excluding hydrogens is 503 g/mol. The standard InChI is InChI=1S/C27H24F3N3O5/c1-15(2)23(26(36)37-3)33-14-19-5-4-17(12-21(19)25(33)35)18-8-11-22(31-13-18)32-24(34)16-6-9-20(10-7-16)38-27(28,29)30/h4-13,15,23H,14H2,1-3H3,(H,31,32,34)/t23-/m0/s1. The number of methoxy groups -OCH3 is 1. The molecule has 1 aliphatic rings. The van der Waals surface area contributed by atoms with Crippen molar-refractivity contribution in [1.82, 2.24) is 9.88 Å². The first kappa shape index (κ1) is 26.6. The van der Waals surface area contributed by atoms with E-state index in [0.717, 1.165) is 23.3 Å². The number of halogens is 3. The van der Waals surface area contributed by atoms with Crippen LogP contribution in [-0.2, 0) is 16.1 Å². The molecule has 0 aliphatic carbocycles. The van der Waals surface area contributed by atoms with E-state index in [1.54, 1.807) is 18.2 Å². The van der Waals surface area contributed by atoms with Crippen molar-refractivity contribution in [1.29, 1.82) is 0 Å². The lowest BCUT2D eigenvalue weighted by atomic mass is 10.0. The maximum atomic E-state index is 13.1. The van der Waals surface area contributed by atoms with Gasteiger partial charge in [-0.05, 0) is 59.5 Å². The van der Waals surface area contributed by atoms with Crippen LogP contribution in [0.5, 0.6) is 5.75 Å². The van der Waals surface area contributed by atoms with Gasteiger partial charge < -0.3 is 19.7 Å². The van der Waals surface area contributed by atoms with Crippen LogP contribution in [0.4, 0.5) is 19.0 Å². The lowest BCUT2D eigenvalue weighted by molar-refractivity contribution is -0.274. The van der Waals surface area contributed by atoms with Gasteiger partial charge in [0.15, 0.2) is 0 Å². The summed E-state index contributed by atoms with van der Waals surface area (Å²) >= 11 is 0. The topological polar surface area (TPSA) is 97.8 Å². The number of carbonyl (C=O) groups excluding carboxylic acids is 3. The van der Waals surface area contributed by atoms with Crippen LogP contribution in [0.3, 0.4) is 0 Å². The van der Waals surface area contributed by atoms with Crippen molar-refractivity contribution < 1.29 is 37.0 Å². The minimum atomic E-state index is -4.82. The fourth-order valence-corrected chi connectivity index (χ4v) is 4.24. The molecule has 1 atom stereocenters. The number of hydrogen-bond acceptors (Lipinski definition) is 6. The minimum absolute atomic E-state index is 0.124. The van der Waals surface area contributed by atoms with E-state index >= 15 is 0 Å². The molecule has 0 spiro atoms. The van der Waals surface area contributed by atoms with E-state index < -0.39 is 30.0 Å². The molecule has 38 heavy (non-hydrogen) atoms. The van der Waals surface area contributed by atoms with E-state index in [-0.39, 0.29) is 23.2 Å². The van der Waals surface area contributed by atoms with Crippen LogP contribution in [0.2, 0.25) is 0 Å². The number of aromatic nitrogens is 1. The Hall–Kier alpha value is -4.41. The van der Waals surface area contributed by atoms with E-state index in [9.17, 15) is 27.6 Å². The van der Waals surface area contributed by atoms with Crippen LogP contribution in [-0.4, -0.2) is 47.2 Å². The van der Waals surface area contributed by atoms with Gasteiger partial charge in [-0.3, -0.25) is 9.59 Å². The molecule has 0 saturated carbocycles. The number of ether oxygens (including phenoxy) is 2. The molecule has 0 radical (unpaired) electrons. The second kappa shape index (κ2) is 10.5. The monoisotopic (exact) mass is 527 g/mol. The smallest absolute Gasteiger partial charge is 0.467 e. The molecule has 2 aromatic carbocycles. The SMILES string of the molecule is COC(=O)[C@H](C(C)C)N1Cc2ccc(-c3ccc(NC(=O)c4ccc(OC(F)(F)F)cc4)nc3)cc2C1=O. The van der Waals surface area contributed by atoms with Gasteiger partial charge >= 0.3 is 12.3 Å². The quantitative estimate of drug-likeness (QED) is 0.432. The first-order chi connectivity index (χ1) is 18.0. The summed E-state index contributed by atoms with van der Waals surface area (Å²) in [5, 5.41) is 2.58. The first-order valence-electron chi connectivity index (χ1n) is 11.6. The van der Waals surface area contributed by atoms with Crippen LogP contribution in [0.25, 0.3) is 11.1 Å². The molecular formula is C27H24F3N3O5. The summed E-state index contributed by atoms with van der Waals surface area (Å²) in [4.78, 5) is 43.6. The lowest BCUT2D eigenvalue weighted by Crippen LogP contribution is -2.45. The number of benzene rings is 2. The van der Waals surface area contributed by atoms with Gasteiger partial charge in [0, 0.05) is 29.4 Å². The second-order valence-electron chi connectivity index (χ2n) is 8.98. The van der Waals surface area contributed by atoms with Crippen molar-refractivity contribution in [3.8, 4) is 16.9 Å². The molecule has 11 heteroatoms. The summed E-state index contributed by atoms with van der Waals surface area (Å²) in [6, 6.07) is 12.5. The summed E-state index contributed by atoms with van der Waals surface area (Å²) in [6.45, 7) is 4.01. The summed E-state index contributed by atoms with van der Waals surface area (Å²) in [5.41, 5.74) is 2.84. The molecule has 1 aromatic heterocycles. The fraction of sp³-hybridized carbons (Fsp3) is 0.259. The molecule has 1 N–H and O–H groups in total. The predicted molar refractivity (Wildman–Crippen MR) is 131 cm³/mol. The van der Waals surface area contributed by atoms with Gasteiger partial charge in [-0.15, -0.1) is 13.2 Å². The van der Waals surface area contributed by atoms with Crippen molar-refractivity contribution in [3.63, 3.8) is 0 Å². The average Bonchev–Trinajstić information content (AvgIpc) is 3.19. The number of pyridine rings is 1. The van der Waals surface area contributed by atoms with Crippen molar-refractivity contribution in [3.05, 3.63) is 77.5 Å². The highest BCUT2D eigenvalue weighted by Crippen LogP contribution is 2.31. The first-order valence-corrected chi connectivity index (χ1v) is 11.6. The molecule has 2 heterocycles. The van der Waals surface area contributed by atoms with Crippen LogP contribution in [0, 0.1) is 5.92 Å². The van der Waals surface area contributed by atoms with Gasteiger partial charge in [0.25, 0.3) is 11.8 Å². The zero-order valence-corrected chi connectivity index (χ0v) is 20.7. The summed E-state index contributed by atoms with van der Waals surface area (Å²) < 4.78 is 45.6. The largest absolute Gasteiger partial charge is 0.573 e. The average molecular weight is 527 g/mol. The molecule has 198 valence electrons.